The average Bonchev–Trinajstić information content (AvgIpc) is 2.56. The molecule has 0 heterocycles. The largest absolute Gasteiger partial charge is 0.0496 e. The summed E-state index contributed by atoms with van der Waals surface area (Å²) in [6.07, 6.45) is 1.00. The molecule has 0 nitrogen and oxygen atoms in total. The zero-order valence-electron chi connectivity index (χ0n) is 7.02. The van der Waals surface area contributed by atoms with Crippen molar-refractivity contribution in [3.63, 3.8) is 0 Å². The predicted octanol–water partition coefficient (Wildman–Crippen LogP) is 2.46. The molecule has 0 amide bonds. The van der Waals surface area contributed by atoms with E-state index in [9.17, 15) is 0 Å². The summed E-state index contributed by atoms with van der Waals surface area (Å²) < 4.78 is 0. The molecule has 4 radical (unpaired) electrons. The van der Waals surface area contributed by atoms with Crippen molar-refractivity contribution in [2.24, 2.45) is 0 Å². The van der Waals surface area contributed by atoms with Crippen LogP contribution in [0.15, 0.2) is 24.3 Å². The van der Waals surface area contributed by atoms with Gasteiger partial charge in [0.25, 0.3) is 0 Å². The van der Waals surface area contributed by atoms with Crippen molar-refractivity contribution < 1.29 is 0 Å². The third-order valence-corrected chi connectivity index (χ3v) is 2.46. The van der Waals surface area contributed by atoms with Gasteiger partial charge in [0.05, 0.1) is 0 Å². The summed E-state index contributed by atoms with van der Waals surface area (Å²) in [5.74, 6) is 0. The molecule has 0 aliphatic heterocycles. The van der Waals surface area contributed by atoms with Crippen LogP contribution in [0.5, 0.6) is 0 Å². The lowest BCUT2D eigenvalue weighted by atomic mass is 10.1. The van der Waals surface area contributed by atoms with Crippen molar-refractivity contribution in [1.82, 2.24) is 0 Å². The monoisotopic (exact) mass is 162 g/mol. The van der Waals surface area contributed by atoms with Crippen molar-refractivity contribution in [2.75, 3.05) is 0 Å². The van der Waals surface area contributed by atoms with Crippen LogP contribution in [-0.4, -0.2) is 0 Å². The Kier molecular flexibility index (Phi) is 1.31. The fourth-order valence-electron chi connectivity index (χ4n) is 1.83. The predicted molar refractivity (Wildman–Crippen MR) is 50.0 cm³/mol. The number of fused-ring (bicyclic) bond motifs is 3. The molecular formula is C13H6. The van der Waals surface area contributed by atoms with Gasteiger partial charge in [0.1, 0.15) is 0 Å². The van der Waals surface area contributed by atoms with Gasteiger partial charge < -0.3 is 0 Å². The van der Waals surface area contributed by atoms with Gasteiger partial charge in [-0.2, -0.15) is 0 Å². The molecule has 2 aromatic rings. The topological polar surface area (TPSA) is 0 Å². The standard InChI is InChI=1S/C13H6/c1-3-7-12-10(5-1)9-11-6-2-4-8-13(11)12/h5-8H,9H2. The van der Waals surface area contributed by atoms with Crippen molar-refractivity contribution >= 4 is 0 Å². The normalized spacial score (nSPS) is 12.3. The molecule has 13 heavy (non-hydrogen) atoms. The second kappa shape index (κ2) is 2.46. The molecule has 0 heteroatoms. The fourth-order valence-corrected chi connectivity index (χ4v) is 1.83. The van der Waals surface area contributed by atoms with Gasteiger partial charge in [-0.1, -0.05) is 0 Å². The van der Waals surface area contributed by atoms with Gasteiger partial charge in [0, 0.05) is 0 Å². The molecule has 0 spiro atoms. The number of hydrogen-bond donors (Lipinski definition) is 0. The summed E-state index contributed by atoms with van der Waals surface area (Å²) in [4.78, 5) is 0. The molecule has 0 saturated carbocycles. The molecule has 1 aliphatic carbocycles. The first kappa shape index (κ1) is 6.90. The summed E-state index contributed by atoms with van der Waals surface area (Å²) >= 11 is 0. The van der Waals surface area contributed by atoms with E-state index in [-0.39, 0.29) is 0 Å². The molecule has 58 valence electrons. The molecule has 0 N–H and O–H groups in total. The van der Waals surface area contributed by atoms with Gasteiger partial charge in [0.15, 0.2) is 0 Å². The summed E-state index contributed by atoms with van der Waals surface area (Å²) in [6.45, 7) is 0. The Balaban J connectivity index is 2.32. The highest BCUT2D eigenvalue weighted by Gasteiger charge is 2.16. The van der Waals surface area contributed by atoms with Crippen LogP contribution >= 0.6 is 0 Å². The third-order valence-electron chi connectivity index (χ3n) is 2.46. The summed E-state index contributed by atoms with van der Waals surface area (Å²) in [5, 5.41) is 0. The Bertz CT molecular complexity index is 412. The van der Waals surface area contributed by atoms with Crippen molar-refractivity contribution in [1.29, 1.82) is 0 Å². The minimum absolute atomic E-state index is 1.00. The zero-order valence-corrected chi connectivity index (χ0v) is 7.02. The Labute approximate surface area is 77.8 Å². The van der Waals surface area contributed by atoms with Gasteiger partial charge in [-0.05, 0) is 77.2 Å². The van der Waals surface area contributed by atoms with E-state index in [1.54, 1.807) is 0 Å². The third kappa shape index (κ3) is 0.919. The van der Waals surface area contributed by atoms with Crippen LogP contribution < -0.4 is 0 Å². The molecule has 2 aromatic carbocycles. The SMILES string of the molecule is [c]1[c]cc2c(c1)Cc1c[c][c]cc1-2. The summed E-state index contributed by atoms with van der Waals surface area (Å²) in [7, 11) is 0. The quantitative estimate of drug-likeness (QED) is 0.476. The van der Waals surface area contributed by atoms with Crippen LogP contribution in [0, 0.1) is 24.3 Å². The maximum atomic E-state index is 2.98. The highest BCUT2D eigenvalue weighted by molar-refractivity contribution is 5.76. The van der Waals surface area contributed by atoms with Gasteiger partial charge in [0.2, 0.25) is 0 Å². The number of benzene rings is 2. The van der Waals surface area contributed by atoms with E-state index in [1.165, 1.54) is 22.3 Å². The average molecular weight is 162 g/mol. The maximum Gasteiger partial charge on any atom is -0.00130 e. The minimum Gasteiger partial charge on any atom is -0.0496 e. The lowest BCUT2D eigenvalue weighted by Crippen LogP contribution is -1.77. The lowest BCUT2D eigenvalue weighted by Gasteiger charge is -1.97. The van der Waals surface area contributed by atoms with Crippen LogP contribution in [0.25, 0.3) is 11.1 Å². The van der Waals surface area contributed by atoms with Gasteiger partial charge >= 0.3 is 0 Å². The van der Waals surface area contributed by atoms with E-state index in [0.29, 0.717) is 0 Å². The first-order valence-corrected chi connectivity index (χ1v) is 4.27. The Hall–Kier alpha value is -1.56. The maximum absolute atomic E-state index is 2.98. The second-order valence-electron chi connectivity index (χ2n) is 3.21. The number of rotatable bonds is 0. The van der Waals surface area contributed by atoms with E-state index in [1.807, 2.05) is 24.3 Å². The van der Waals surface area contributed by atoms with E-state index in [4.69, 9.17) is 0 Å². The molecule has 0 aromatic heterocycles. The first-order chi connectivity index (χ1) is 6.45. The Morgan fingerprint density at radius 1 is 0.692 bits per heavy atom. The molecule has 0 atom stereocenters. The molecule has 0 bridgehead atoms. The summed E-state index contributed by atoms with van der Waals surface area (Å²) in [6, 6.07) is 19.9. The van der Waals surface area contributed by atoms with Crippen LogP contribution in [0.4, 0.5) is 0 Å². The molecular weight excluding hydrogens is 156 g/mol. The highest BCUT2D eigenvalue weighted by Crippen LogP contribution is 2.35. The van der Waals surface area contributed by atoms with Gasteiger partial charge in [-0.15, -0.1) is 0 Å². The molecule has 0 saturated heterocycles. The van der Waals surface area contributed by atoms with E-state index >= 15 is 0 Å². The smallest absolute Gasteiger partial charge is 0.00130 e. The van der Waals surface area contributed by atoms with Crippen molar-refractivity contribution in [3.8, 4) is 11.1 Å². The van der Waals surface area contributed by atoms with Crippen LogP contribution in [0.1, 0.15) is 11.1 Å². The number of hydrogen-bond acceptors (Lipinski definition) is 0. The fraction of sp³-hybridized carbons (Fsp3) is 0.0769. The second-order valence-corrected chi connectivity index (χ2v) is 3.21. The first-order valence-electron chi connectivity index (χ1n) is 4.27. The van der Waals surface area contributed by atoms with Crippen LogP contribution in [-0.2, 0) is 6.42 Å². The van der Waals surface area contributed by atoms with E-state index in [2.05, 4.69) is 24.3 Å². The Morgan fingerprint density at radius 2 is 1.15 bits per heavy atom. The summed E-state index contributed by atoms with van der Waals surface area (Å²) in [5.41, 5.74) is 5.22. The lowest BCUT2D eigenvalue weighted by molar-refractivity contribution is 1.26. The van der Waals surface area contributed by atoms with Crippen LogP contribution in [0.3, 0.4) is 0 Å². The molecule has 0 fully saturated rings. The van der Waals surface area contributed by atoms with E-state index in [0.717, 1.165) is 6.42 Å². The van der Waals surface area contributed by atoms with Gasteiger partial charge in [-0.25, -0.2) is 0 Å². The zero-order chi connectivity index (χ0) is 8.67. The molecule has 3 rings (SSSR count). The van der Waals surface area contributed by atoms with E-state index < -0.39 is 0 Å². The van der Waals surface area contributed by atoms with Gasteiger partial charge in [-0.3, -0.25) is 0 Å². The van der Waals surface area contributed by atoms with Crippen molar-refractivity contribution in [2.45, 2.75) is 6.42 Å². The minimum atomic E-state index is 1.00. The van der Waals surface area contributed by atoms with Crippen LogP contribution in [0.2, 0.25) is 0 Å². The molecule has 0 unspecified atom stereocenters. The highest BCUT2D eigenvalue weighted by atomic mass is 14.2. The van der Waals surface area contributed by atoms with Crippen molar-refractivity contribution in [3.05, 3.63) is 59.7 Å². The molecule has 1 aliphatic rings. The Morgan fingerprint density at radius 3 is 1.69 bits per heavy atom.